The molecular weight excluding hydrogens is 372 g/mol. The molecule has 0 radical (unpaired) electrons. The molecule has 1 saturated heterocycles. The van der Waals surface area contributed by atoms with Crippen molar-refractivity contribution in [1.29, 1.82) is 0 Å². The topological polar surface area (TPSA) is 104 Å². The minimum atomic E-state index is -1.09. The number of halogens is 1. The number of aryl methyl sites for hydroxylation is 1. The van der Waals surface area contributed by atoms with E-state index < -0.39 is 23.8 Å². The van der Waals surface area contributed by atoms with Crippen molar-refractivity contribution in [1.82, 2.24) is 5.32 Å². The zero-order chi connectivity index (χ0) is 19.7. The number of amides is 4. The van der Waals surface area contributed by atoms with Crippen LogP contribution in [0.2, 0.25) is 5.02 Å². The van der Waals surface area contributed by atoms with E-state index in [1.165, 1.54) is 36.4 Å². The fourth-order valence-corrected chi connectivity index (χ4v) is 2.68. The van der Waals surface area contributed by atoms with Crippen molar-refractivity contribution >= 4 is 47.2 Å². The monoisotopic (exact) mass is 384 g/mol. The first-order chi connectivity index (χ1) is 12.8. The van der Waals surface area contributed by atoms with Crippen LogP contribution in [0.25, 0.3) is 6.08 Å². The van der Waals surface area contributed by atoms with Crippen LogP contribution in [0.4, 0.5) is 10.5 Å². The lowest BCUT2D eigenvalue weighted by Gasteiger charge is -2.26. The quantitative estimate of drug-likeness (QED) is 0.625. The largest absolute Gasteiger partial charge is 0.478 e. The first-order valence-electron chi connectivity index (χ1n) is 7.79. The van der Waals surface area contributed by atoms with Crippen LogP contribution in [0.5, 0.6) is 0 Å². The molecule has 7 nitrogen and oxygen atoms in total. The van der Waals surface area contributed by atoms with E-state index in [9.17, 15) is 19.2 Å². The van der Waals surface area contributed by atoms with Gasteiger partial charge in [-0.15, -0.1) is 0 Å². The van der Waals surface area contributed by atoms with Gasteiger partial charge in [-0.25, -0.2) is 14.5 Å². The number of carbonyl (C=O) groups excluding carboxylic acids is 3. The Kier molecular flexibility index (Phi) is 4.79. The highest BCUT2D eigenvalue weighted by Gasteiger charge is 2.36. The number of nitrogens with one attached hydrogen (secondary N) is 1. The molecule has 4 amide bonds. The third kappa shape index (κ3) is 3.58. The normalized spacial score (nSPS) is 15.9. The van der Waals surface area contributed by atoms with Gasteiger partial charge in [-0.05, 0) is 48.4 Å². The highest BCUT2D eigenvalue weighted by atomic mass is 35.5. The van der Waals surface area contributed by atoms with Crippen molar-refractivity contribution in [2.24, 2.45) is 0 Å². The predicted molar refractivity (Wildman–Crippen MR) is 98.6 cm³/mol. The van der Waals surface area contributed by atoms with E-state index in [4.69, 9.17) is 16.7 Å². The molecule has 0 spiro atoms. The van der Waals surface area contributed by atoms with Crippen LogP contribution < -0.4 is 10.2 Å². The summed E-state index contributed by atoms with van der Waals surface area (Å²) in [5, 5.41) is 11.4. The zero-order valence-corrected chi connectivity index (χ0v) is 14.8. The molecule has 1 aliphatic heterocycles. The van der Waals surface area contributed by atoms with E-state index >= 15 is 0 Å². The van der Waals surface area contributed by atoms with Gasteiger partial charge in [0.1, 0.15) is 5.57 Å². The molecule has 2 aromatic carbocycles. The number of anilines is 1. The van der Waals surface area contributed by atoms with Gasteiger partial charge >= 0.3 is 12.0 Å². The van der Waals surface area contributed by atoms with Crippen molar-refractivity contribution in [3.63, 3.8) is 0 Å². The molecule has 0 atom stereocenters. The van der Waals surface area contributed by atoms with Gasteiger partial charge in [0.25, 0.3) is 11.8 Å². The summed E-state index contributed by atoms with van der Waals surface area (Å²) >= 11 is 6.06. The maximum atomic E-state index is 12.8. The SMILES string of the molecule is Cc1ccc(N2C(=O)NC(=O)/C(=C/c3ccc(C(=O)O)cc3)C2=O)cc1Cl. The number of hydrogen-bond acceptors (Lipinski definition) is 4. The van der Waals surface area contributed by atoms with Crippen LogP contribution in [-0.2, 0) is 9.59 Å². The maximum Gasteiger partial charge on any atom is 0.335 e. The lowest BCUT2D eigenvalue weighted by Crippen LogP contribution is -2.54. The van der Waals surface area contributed by atoms with Gasteiger partial charge in [0.15, 0.2) is 0 Å². The van der Waals surface area contributed by atoms with E-state index in [1.54, 1.807) is 19.1 Å². The predicted octanol–water partition coefficient (Wildman–Crippen LogP) is 3.01. The Labute approximate surface area is 158 Å². The molecule has 0 unspecified atom stereocenters. The molecular formula is C19H13ClN2O5. The Bertz CT molecular complexity index is 1010. The number of aromatic carboxylic acids is 1. The number of nitrogens with zero attached hydrogens (tertiary/aromatic N) is 1. The van der Waals surface area contributed by atoms with Crippen molar-refractivity contribution < 1.29 is 24.3 Å². The molecule has 1 heterocycles. The van der Waals surface area contributed by atoms with Crippen LogP contribution in [-0.4, -0.2) is 28.9 Å². The summed E-state index contributed by atoms with van der Waals surface area (Å²) in [6.07, 6.45) is 1.29. The number of urea groups is 1. The lowest BCUT2D eigenvalue weighted by atomic mass is 10.1. The van der Waals surface area contributed by atoms with E-state index in [1.807, 2.05) is 0 Å². The third-order valence-corrected chi connectivity index (χ3v) is 4.39. The summed E-state index contributed by atoms with van der Waals surface area (Å²) < 4.78 is 0. The third-order valence-electron chi connectivity index (χ3n) is 3.98. The van der Waals surface area contributed by atoms with Gasteiger partial charge in [-0.2, -0.15) is 0 Å². The Hall–Kier alpha value is -3.45. The number of carboxylic acid groups (broad SMARTS) is 1. The van der Waals surface area contributed by atoms with E-state index in [-0.39, 0.29) is 16.8 Å². The molecule has 0 saturated carbocycles. The van der Waals surface area contributed by atoms with Crippen LogP contribution in [0.3, 0.4) is 0 Å². The fourth-order valence-electron chi connectivity index (χ4n) is 2.50. The summed E-state index contributed by atoms with van der Waals surface area (Å²) in [5.74, 6) is -2.72. The number of carbonyl (C=O) groups is 4. The average molecular weight is 385 g/mol. The Morgan fingerprint density at radius 3 is 2.37 bits per heavy atom. The molecule has 2 N–H and O–H groups in total. The van der Waals surface area contributed by atoms with Crippen molar-refractivity contribution in [3.05, 3.63) is 69.8 Å². The lowest BCUT2D eigenvalue weighted by molar-refractivity contribution is -0.122. The number of rotatable bonds is 3. The maximum absolute atomic E-state index is 12.8. The van der Waals surface area contributed by atoms with Crippen LogP contribution in [0.1, 0.15) is 21.5 Å². The average Bonchev–Trinajstić information content (AvgIpc) is 2.62. The first-order valence-corrected chi connectivity index (χ1v) is 8.16. The van der Waals surface area contributed by atoms with Crippen LogP contribution >= 0.6 is 11.6 Å². The minimum Gasteiger partial charge on any atom is -0.478 e. The number of benzene rings is 2. The molecule has 136 valence electrons. The van der Waals surface area contributed by atoms with Crippen LogP contribution in [0.15, 0.2) is 48.0 Å². The van der Waals surface area contributed by atoms with Crippen molar-refractivity contribution in [2.75, 3.05) is 4.90 Å². The van der Waals surface area contributed by atoms with Gasteiger partial charge in [0.2, 0.25) is 0 Å². The highest BCUT2D eigenvalue weighted by Crippen LogP contribution is 2.26. The molecule has 1 aliphatic rings. The minimum absolute atomic E-state index is 0.0719. The summed E-state index contributed by atoms with van der Waals surface area (Å²) in [6, 6.07) is 9.41. The number of carboxylic acids is 1. The standard InChI is InChI=1S/C19H13ClN2O5/c1-10-2-7-13(9-15(10)20)22-17(24)14(16(23)21-19(22)27)8-11-3-5-12(6-4-11)18(25)26/h2-9H,1H3,(H,25,26)(H,21,23,27)/b14-8-. The Morgan fingerprint density at radius 2 is 1.78 bits per heavy atom. The van der Waals surface area contributed by atoms with Crippen LogP contribution in [0, 0.1) is 6.92 Å². The second-order valence-electron chi connectivity index (χ2n) is 5.82. The summed E-state index contributed by atoms with van der Waals surface area (Å²) in [7, 11) is 0. The van der Waals surface area contributed by atoms with Gasteiger partial charge in [-0.1, -0.05) is 29.8 Å². The molecule has 1 fully saturated rings. The Balaban J connectivity index is 1.99. The van der Waals surface area contributed by atoms with Crippen molar-refractivity contribution in [2.45, 2.75) is 6.92 Å². The van der Waals surface area contributed by atoms with E-state index in [2.05, 4.69) is 5.32 Å². The summed E-state index contributed by atoms with van der Waals surface area (Å²) in [4.78, 5) is 48.8. The highest BCUT2D eigenvalue weighted by molar-refractivity contribution is 6.39. The zero-order valence-electron chi connectivity index (χ0n) is 14.0. The number of hydrogen-bond donors (Lipinski definition) is 2. The second-order valence-corrected chi connectivity index (χ2v) is 6.23. The fraction of sp³-hybridized carbons (Fsp3) is 0.0526. The molecule has 0 aliphatic carbocycles. The summed E-state index contributed by atoms with van der Waals surface area (Å²) in [5.41, 5.74) is 1.26. The van der Waals surface area contributed by atoms with Gasteiger partial charge in [0.05, 0.1) is 11.3 Å². The molecule has 2 aromatic rings. The molecule has 0 bridgehead atoms. The molecule has 3 rings (SSSR count). The summed E-state index contributed by atoms with van der Waals surface area (Å²) in [6.45, 7) is 1.78. The smallest absolute Gasteiger partial charge is 0.335 e. The van der Waals surface area contributed by atoms with E-state index in [0.717, 1.165) is 10.5 Å². The number of imide groups is 2. The Morgan fingerprint density at radius 1 is 1.11 bits per heavy atom. The van der Waals surface area contributed by atoms with Crippen molar-refractivity contribution in [3.8, 4) is 0 Å². The molecule has 0 aromatic heterocycles. The first kappa shape index (κ1) is 18.3. The second kappa shape index (κ2) is 7.05. The van der Waals surface area contributed by atoms with Gasteiger partial charge in [-0.3, -0.25) is 14.9 Å². The molecule has 27 heavy (non-hydrogen) atoms. The molecule has 8 heteroatoms. The van der Waals surface area contributed by atoms with Gasteiger partial charge in [0, 0.05) is 5.02 Å². The number of barbiturate groups is 1. The van der Waals surface area contributed by atoms with Gasteiger partial charge < -0.3 is 5.11 Å². The van der Waals surface area contributed by atoms with E-state index in [0.29, 0.717) is 10.6 Å².